The number of aryl methyl sites for hydroxylation is 1. The van der Waals surface area contributed by atoms with Gasteiger partial charge < -0.3 is 10.1 Å². The van der Waals surface area contributed by atoms with E-state index in [1.165, 1.54) is 0 Å². The van der Waals surface area contributed by atoms with E-state index >= 15 is 0 Å². The second kappa shape index (κ2) is 8.14. The van der Waals surface area contributed by atoms with Crippen molar-refractivity contribution in [3.05, 3.63) is 23.8 Å². The van der Waals surface area contributed by atoms with Crippen LogP contribution in [0.15, 0.2) is 12.3 Å². The molecule has 0 bridgehead atoms. The Morgan fingerprint density at radius 2 is 2.18 bits per heavy atom. The highest BCUT2D eigenvalue weighted by atomic mass is 16.5. The number of hydrogen-bond donors (Lipinski definition) is 1. The molecule has 1 rings (SSSR count). The molecule has 0 aliphatic heterocycles. The van der Waals surface area contributed by atoms with Crippen molar-refractivity contribution in [3.8, 4) is 0 Å². The molecule has 96 valence electrons. The Morgan fingerprint density at radius 1 is 1.35 bits per heavy atom. The van der Waals surface area contributed by atoms with E-state index in [-0.39, 0.29) is 6.04 Å². The van der Waals surface area contributed by atoms with E-state index in [0.717, 1.165) is 37.5 Å². The number of aromatic nitrogens is 2. The minimum Gasteiger partial charge on any atom is -0.379 e. The van der Waals surface area contributed by atoms with Gasteiger partial charge in [-0.2, -0.15) is 0 Å². The molecular formula is C13H23N3O. The van der Waals surface area contributed by atoms with Crippen molar-refractivity contribution >= 4 is 0 Å². The molecule has 0 spiro atoms. The first kappa shape index (κ1) is 14.1. The summed E-state index contributed by atoms with van der Waals surface area (Å²) in [7, 11) is 0. The summed E-state index contributed by atoms with van der Waals surface area (Å²) in [5, 5.41) is 3.46. The van der Waals surface area contributed by atoms with Crippen LogP contribution in [0.5, 0.6) is 0 Å². The Morgan fingerprint density at radius 3 is 2.82 bits per heavy atom. The van der Waals surface area contributed by atoms with Crippen molar-refractivity contribution in [1.29, 1.82) is 0 Å². The zero-order chi connectivity index (χ0) is 12.5. The van der Waals surface area contributed by atoms with Gasteiger partial charge in [-0.05, 0) is 32.4 Å². The lowest BCUT2D eigenvalue weighted by atomic mass is 10.2. The van der Waals surface area contributed by atoms with Crippen LogP contribution in [0.25, 0.3) is 0 Å². The summed E-state index contributed by atoms with van der Waals surface area (Å²) in [5.74, 6) is 0.807. The third kappa shape index (κ3) is 5.24. The Hall–Kier alpha value is -1.00. The number of nitrogens with zero attached hydrogens (tertiary/aromatic N) is 2. The highest BCUT2D eigenvalue weighted by Gasteiger charge is 2.12. The lowest BCUT2D eigenvalue weighted by molar-refractivity contribution is 0.111. The highest BCUT2D eigenvalue weighted by molar-refractivity contribution is 5.07. The average Bonchev–Trinajstić information content (AvgIpc) is 2.33. The molecule has 0 saturated carbocycles. The van der Waals surface area contributed by atoms with Crippen molar-refractivity contribution < 1.29 is 4.74 Å². The third-order valence-corrected chi connectivity index (χ3v) is 2.43. The average molecular weight is 237 g/mol. The van der Waals surface area contributed by atoms with Crippen LogP contribution in [-0.2, 0) is 4.74 Å². The van der Waals surface area contributed by atoms with Gasteiger partial charge in [0.15, 0.2) is 0 Å². The largest absolute Gasteiger partial charge is 0.379 e. The predicted molar refractivity (Wildman–Crippen MR) is 68.9 cm³/mol. The van der Waals surface area contributed by atoms with Crippen LogP contribution >= 0.6 is 0 Å². The molecule has 1 aromatic heterocycles. The fraction of sp³-hybridized carbons (Fsp3) is 0.692. The van der Waals surface area contributed by atoms with Gasteiger partial charge in [0.2, 0.25) is 0 Å². The van der Waals surface area contributed by atoms with E-state index in [0.29, 0.717) is 6.61 Å². The standard InChI is InChI=1S/C13H23N3O/c1-4-7-15-13(10-17-9-5-2)12-6-8-14-11(3)16-12/h6,8,13,15H,4-5,7,9-10H2,1-3H3. The van der Waals surface area contributed by atoms with Crippen LogP contribution in [0.4, 0.5) is 0 Å². The summed E-state index contributed by atoms with van der Waals surface area (Å²) in [6.45, 7) is 8.63. The van der Waals surface area contributed by atoms with E-state index in [2.05, 4.69) is 29.1 Å². The van der Waals surface area contributed by atoms with E-state index < -0.39 is 0 Å². The van der Waals surface area contributed by atoms with Gasteiger partial charge in [0, 0.05) is 12.8 Å². The van der Waals surface area contributed by atoms with Gasteiger partial charge in [-0.1, -0.05) is 13.8 Å². The molecule has 17 heavy (non-hydrogen) atoms. The van der Waals surface area contributed by atoms with E-state index in [1.807, 2.05) is 13.0 Å². The van der Waals surface area contributed by atoms with Crippen molar-refractivity contribution in [3.63, 3.8) is 0 Å². The smallest absolute Gasteiger partial charge is 0.125 e. The third-order valence-electron chi connectivity index (χ3n) is 2.43. The first-order chi connectivity index (χ1) is 8.27. The normalized spacial score (nSPS) is 12.6. The minimum atomic E-state index is 0.170. The molecule has 4 nitrogen and oxygen atoms in total. The van der Waals surface area contributed by atoms with Gasteiger partial charge in [0.1, 0.15) is 5.82 Å². The molecule has 1 aromatic rings. The molecule has 1 heterocycles. The lowest BCUT2D eigenvalue weighted by Crippen LogP contribution is -2.27. The quantitative estimate of drug-likeness (QED) is 0.704. The van der Waals surface area contributed by atoms with Crippen molar-refractivity contribution in [1.82, 2.24) is 15.3 Å². The van der Waals surface area contributed by atoms with Crippen molar-refractivity contribution in [2.75, 3.05) is 19.8 Å². The molecule has 0 aromatic carbocycles. The van der Waals surface area contributed by atoms with Crippen LogP contribution in [0.3, 0.4) is 0 Å². The predicted octanol–water partition coefficient (Wildman–Crippen LogP) is 2.25. The zero-order valence-electron chi connectivity index (χ0n) is 11.1. The summed E-state index contributed by atoms with van der Waals surface area (Å²) in [6.07, 6.45) is 3.95. The maximum atomic E-state index is 5.61. The Balaban J connectivity index is 2.60. The highest BCUT2D eigenvalue weighted by Crippen LogP contribution is 2.10. The summed E-state index contributed by atoms with van der Waals surface area (Å²) >= 11 is 0. The van der Waals surface area contributed by atoms with Crippen molar-refractivity contribution in [2.24, 2.45) is 0 Å². The number of rotatable bonds is 8. The maximum absolute atomic E-state index is 5.61. The Bertz CT molecular complexity index is 317. The molecule has 1 atom stereocenters. The van der Waals surface area contributed by atoms with Crippen LogP contribution in [0, 0.1) is 6.92 Å². The molecule has 0 amide bonds. The first-order valence-corrected chi connectivity index (χ1v) is 6.38. The maximum Gasteiger partial charge on any atom is 0.125 e. The molecule has 0 radical (unpaired) electrons. The van der Waals surface area contributed by atoms with Gasteiger partial charge in [0.05, 0.1) is 18.3 Å². The topological polar surface area (TPSA) is 47.0 Å². The molecule has 1 N–H and O–H groups in total. The lowest BCUT2D eigenvalue weighted by Gasteiger charge is -2.18. The van der Waals surface area contributed by atoms with Gasteiger partial charge in [0.25, 0.3) is 0 Å². The molecule has 1 unspecified atom stereocenters. The number of ether oxygens (including phenoxy) is 1. The monoisotopic (exact) mass is 237 g/mol. The van der Waals surface area contributed by atoms with Gasteiger partial charge >= 0.3 is 0 Å². The van der Waals surface area contributed by atoms with E-state index in [1.54, 1.807) is 6.20 Å². The number of nitrogens with one attached hydrogen (secondary N) is 1. The molecule has 0 saturated heterocycles. The Kier molecular flexibility index (Phi) is 6.74. The summed E-state index contributed by atoms with van der Waals surface area (Å²) in [6, 6.07) is 2.12. The van der Waals surface area contributed by atoms with Crippen LogP contribution < -0.4 is 5.32 Å². The molecule has 0 aliphatic rings. The molecule has 0 aliphatic carbocycles. The molecule has 0 fully saturated rings. The minimum absolute atomic E-state index is 0.170. The number of hydrogen-bond acceptors (Lipinski definition) is 4. The fourth-order valence-corrected chi connectivity index (χ4v) is 1.58. The zero-order valence-corrected chi connectivity index (χ0v) is 11.1. The molecular weight excluding hydrogens is 214 g/mol. The summed E-state index contributed by atoms with van der Waals surface area (Å²) in [5.41, 5.74) is 1.02. The molecule has 4 heteroatoms. The van der Waals surface area contributed by atoms with Gasteiger partial charge in [-0.25, -0.2) is 9.97 Å². The van der Waals surface area contributed by atoms with Gasteiger partial charge in [-0.3, -0.25) is 0 Å². The fourth-order valence-electron chi connectivity index (χ4n) is 1.58. The van der Waals surface area contributed by atoms with E-state index in [9.17, 15) is 0 Å². The summed E-state index contributed by atoms with van der Waals surface area (Å²) in [4.78, 5) is 8.57. The SMILES string of the molecule is CCCNC(COCCC)c1ccnc(C)n1. The van der Waals surface area contributed by atoms with Crippen LogP contribution in [-0.4, -0.2) is 29.7 Å². The second-order valence-corrected chi connectivity index (χ2v) is 4.11. The van der Waals surface area contributed by atoms with Crippen LogP contribution in [0.2, 0.25) is 0 Å². The van der Waals surface area contributed by atoms with Gasteiger partial charge in [-0.15, -0.1) is 0 Å². The second-order valence-electron chi connectivity index (χ2n) is 4.11. The van der Waals surface area contributed by atoms with Crippen molar-refractivity contribution in [2.45, 2.75) is 39.7 Å². The first-order valence-electron chi connectivity index (χ1n) is 6.38. The summed E-state index contributed by atoms with van der Waals surface area (Å²) < 4.78 is 5.61. The van der Waals surface area contributed by atoms with Crippen LogP contribution in [0.1, 0.15) is 44.2 Å². The van der Waals surface area contributed by atoms with E-state index in [4.69, 9.17) is 4.74 Å². The Labute approximate surface area is 104 Å².